The summed E-state index contributed by atoms with van der Waals surface area (Å²) in [4.78, 5) is 26.5. The molecule has 5 nitrogen and oxygen atoms in total. The fraction of sp³-hybridized carbons (Fsp3) is 0.125. The van der Waals surface area contributed by atoms with Crippen molar-refractivity contribution < 1.29 is 14.3 Å². The normalized spacial score (nSPS) is 22.6. The van der Waals surface area contributed by atoms with Crippen LogP contribution in [0.5, 0.6) is 5.75 Å². The van der Waals surface area contributed by atoms with E-state index in [9.17, 15) is 9.59 Å². The van der Waals surface area contributed by atoms with E-state index in [2.05, 4.69) is 5.32 Å². The van der Waals surface area contributed by atoms with E-state index < -0.39 is 5.72 Å². The SMILES string of the molecule is CN1C(=O)[C@]2(NC(=O)c3ccccc3O2)c2ccccc21. The van der Waals surface area contributed by atoms with Crippen LogP contribution < -0.4 is 15.0 Å². The molecule has 2 aliphatic heterocycles. The molecular weight excluding hydrogens is 268 g/mol. The lowest BCUT2D eigenvalue weighted by Crippen LogP contribution is -2.58. The maximum Gasteiger partial charge on any atom is 0.297 e. The van der Waals surface area contributed by atoms with Gasteiger partial charge in [-0.1, -0.05) is 30.3 Å². The molecule has 1 N–H and O–H groups in total. The van der Waals surface area contributed by atoms with E-state index in [1.165, 1.54) is 4.90 Å². The summed E-state index contributed by atoms with van der Waals surface area (Å²) in [6, 6.07) is 14.2. The molecule has 0 aromatic heterocycles. The number of nitrogens with one attached hydrogen (secondary N) is 1. The Balaban J connectivity index is 1.94. The molecule has 2 amide bonds. The highest BCUT2D eigenvalue weighted by Crippen LogP contribution is 2.43. The Labute approximate surface area is 121 Å². The molecule has 0 unspecified atom stereocenters. The lowest BCUT2D eigenvalue weighted by Gasteiger charge is -2.34. The highest BCUT2D eigenvalue weighted by molar-refractivity contribution is 6.11. The van der Waals surface area contributed by atoms with E-state index in [-0.39, 0.29) is 11.8 Å². The zero-order valence-corrected chi connectivity index (χ0v) is 11.3. The van der Waals surface area contributed by atoms with Crippen molar-refractivity contribution in [1.29, 1.82) is 0 Å². The maximum absolute atomic E-state index is 12.7. The van der Waals surface area contributed by atoms with Crippen LogP contribution >= 0.6 is 0 Å². The number of hydrogen-bond acceptors (Lipinski definition) is 3. The minimum Gasteiger partial charge on any atom is -0.453 e. The molecule has 0 saturated heterocycles. The van der Waals surface area contributed by atoms with Crippen LogP contribution in [-0.4, -0.2) is 18.9 Å². The Morgan fingerprint density at radius 3 is 2.62 bits per heavy atom. The van der Waals surface area contributed by atoms with Gasteiger partial charge in [0.15, 0.2) is 0 Å². The van der Waals surface area contributed by atoms with Gasteiger partial charge in [-0.2, -0.15) is 0 Å². The van der Waals surface area contributed by atoms with Crippen LogP contribution in [-0.2, 0) is 10.5 Å². The average molecular weight is 280 g/mol. The zero-order chi connectivity index (χ0) is 14.6. The third-order valence-electron chi connectivity index (χ3n) is 3.93. The molecule has 4 rings (SSSR count). The van der Waals surface area contributed by atoms with Gasteiger partial charge in [-0.3, -0.25) is 9.59 Å². The van der Waals surface area contributed by atoms with E-state index in [0.717, 1.165) is 5.69 Å². The van der Waals surface area contributed by atoms with Crippen LogP contribution in [0.2, 0.25) is 0 Å². The molecule has 2 aromatic carbocycles. The van der Waals surface area contributed by atoms with Gasteiger partial charge in [-0.15, -0.1) is 0 Å². The fourth-order valence-corrected chi connectivity index (χ4v) is 2.90. The van der Waals surface area contributed by atoms with Crippen molar-refractivity contribution >= 4 is 17.5 Å². The summed E-state index contributed by atoms with van der Waals surface area (Å²) in [5.41, 5.74) is 0.363. The molecule has 0 fully saturated rings. The van der Waals surface area contributed by atoms with Crippen LogP contribution in [0.3, 0.4) is 0 Å². The third kappa shape index (κ3) is 1.40. The summed E-state index contributed by atoms with van der Waals surface area (Å²) < 4.78 is 5.94. The van der Waals surface area contributed by atoms with Crippen LogP contribution in [0.25, 0.3) is 0 Å². The van der Waals surface area contributed by atoms with E-state index >= 15 is 0 Å². The molecule has 2 heterocycles. The van der Waals surface area contributed by atoms with Gasteiger partial charge in [-0.05, 0) is 18.2 Å². The van der Waals surface area contributed by atoms with Crippen molar-refractivity contribution in [3.05, 3.63) is 59.7 Å². The largest absolute Gasteiger partial charge is 0.453 e. The molecule has 0 aliphatic carbocycles. The van der Waals surface area contributed by atoms with Gasteiger partial charge in [0, 0.05) is 7.05 Å². The Hall–Kier alpha value is -2.82. The lowest BCUT2D eigenvalue weighted by molar-refractivity contribution is -0.135. The molecule has 0 radical (unpaired) electrons. The Bertz CT molecular complexity index is 787. The van der Waals surface area contributed by atoms with Crippen molar-refractivity contribution in [2.75, 3.05) is 11.9 Å². The predicted molar refractivity (Wildman–Crippen MR) is 76.1 cm³/mol. The summed E-state index contributed by atoms with van der Waals surface area (Å²) >= 11 is 0. The summed E-state index contributed by atoms with van der Waals surface area (Å²) in [7, 11) is 1.67. The summed E-state index contributed by atoms with van der Waals surface area (Å²) in [5.74, 6) is -0.193. The van der Waals surface area contributed by atoms with Gasteiger partial charge >= 0.3 is 0 Å². The van der Waals surface area contributed by atoms with Crippen molar-refractivity contribution in [2.24, 2.45) is 0 Å². The number of para-hydroxylation sites is 2. The van der Waals surface area contributed by atoms with Gasteiger partial charge in [0.05, 0.1) is 16.8 Å². The number of hydrogen-bond donors (Lipinski definition) is 1. The second-order valence-corrected chi connectivity index (χ2v) is 5.11. The van der Waals surface area contributed by atoms with Gasteiger partial charge in [-0.25, -0.2) is 0 Å². The lowest BCUT2D eigenvalue weighted by atomic mass is 10.0. The first-order valence-corrected chi connectivity index (χ1v) is 6.62. The predicted octanol–water partition coefficient (Wildman–Crippen LogP) is 1.64. The number of likely N-dealkylation sites (N-methyl/N-ethyl adjacent to an activating group) is 1. The minimum absolute atomic E-state index is 0.299. The molecular formula is C16H12N2O3. The molecule has 2 aliphatic rings. The summed E-state index contributed by atoms with van der Waals surface area (Å²) in [6.45, 7) is 0. The molecule has 104 valence electrons. The highest BCUT2D eigenvalue weighted by atomic mass is 16.5. The van der Waals surface area contributed by atoms with Crippen LogP contribution in [0.1, 0.15) is 15.9 Å². The first kappa shape index (κ1) is 12.0. The maximum atomic E-state index is 12.7. The number of rotatable bonds is 0. The van der Waals surface area contributed by atoms with Gasteiger partial charge in [0.25, 0.3) is 17.5 Å². The standard InChI is InChI=1S/C16H12N2O3/c1-18-12-8-4-3-7-11(12)16(15(18)20)17-14(19)10-6-2-5-9-13(10)21-16/h2-9H,1H3,(H,17,19)/t16-/m0/s1. The monoisotopic (exact) mass is 280 g/mol. The Morgan fingerprint density at radius 1 is 1.05 bits per heavy atom. The van der Waals surface area contributed by atoms with Crippen molar-refractivity contribution in [2.45, 2.75) is 5.72 Å². The van der Waals surface area contributed by atoms with Gasteiger partial charge in [0.1, 0.15) is 5.75 Å². The zero-order valence-electron chi connectivity index (χ0n) is 11.3. The quantitative estimate of drug-likeness (QED) is 0.798. The number of carbonyl (C=O) groups excluding carboxylic acids is 2. The summed E-state index contributed by atoms with van der Waals surface area (Å²) in [5, 5.41) is 2.73. The Kier molecular flexibility index (Phi) is 2.19. The van der Waals surface area contributed by atoms with E-state index in [1.54, 1.807) is 37.4 Å². The minimum atomic E-state index is -1.46. The van der Waals surface area contributed by atoms with Gasteiger partial charge < -0.3 is 15.0 Å². The van der Waals surface area contributed by atoms with E-state index in [4.69, 9.17) is 4.74 Å². The van der Waals surface area contributed by atoms with Crippen molar-refractivity contribution in [1.82, 2.24) is 5.32 Å². The topological polar surface area (TPSA) is 58.6 Å². The molecule has 5 heteroatoms. The Morgan fingerprint density at radius 2 is 1.76 bits per heavy atom. The van der Waals surface area contributed by atoms with E-state index in [1.807, 2.05) is 18.2 Å². The number of benzene rings is 2. The van der Waals surface area contributed by atoms with Crippen molar-refractivity contribution in [3.63, 3.8) is 0 Å². The third-order valence-corrected chi connectivity index (χ3v) is 3.93. The van der Waals surface area contributed by atoms with Crippen LogP contribution in [0.4, 0.5) is 5.69 Å². The number of ether oxygens (including phenoxy) is 1. The van der Waals surface area contributed by atoms with Crippen molar-refractivity contribution in [3.8, 4) is 5.75 Å². The second-order valence-electron chi connectivity index (χ2n) is 5.11. The molecule has 0 saturated carbocycles. The number of fused-ring (bicyclic) bond motifs is 3. The summed E-state index contributed by atoms with van der Waals surface area (Å²) in [6.07, 6.45) is 0. The number of amides is 2. The highest BCUT2D eigenvalue weighted by Gasteiger charge is 2.55. The van der Waals surface area contributed by atoms with Crippen LogP contribution in [0, 0.1) is 0 Å². The number of anilines is 1. The molecule has 1 spiro atoms. The number of nitrogens with zero attached hydrogens (tertiary/aromatic N) is 1. The smallest absolute Gasteiger partial charge is 0.297 e. The van der Waals surface area contributed by atoms with Crippen LogP contribution in [0.15, 0.2) is 48.5 Å². The molecule has 1 atom stereocenters. The average Bonchev–Trinajstić information content (AvgIpc) is 2.71. The van der Waals surface area contributed by atoms with Gasteiger partial charge in [0.2, 0.25) is 0 Å². The molecule has 2 aromatic rings. The second kappa shape index (κ2) is 3.85. The first-order chi connectivity index (χ1) is 10.1. The first-order valence-electron chi connectivity index (χ1n) is 6.62. The number of carbonyl (C=O) groups is 2. The van der Waals surface area contributed by atoms with E-state index in [0.29, 0.717) is 16.9 Å². The fourth-order valence-electron chi connectivity index (χ4n) is 2.90. The molecule has 0 bridgehead atoms. The molecule has 21 heavy (non-hydrogen) atoms.